The monoisotopic (exact) mass is 443 g/mol. The third-order valence-corrected chi connectivity index (χ3v) is 6.22. The van der Waals surface area contributed by atoms with Crippen LogP contribution in [0.4, 0.5) is 5.69 Å². The van der Waals surface area contributed by atoms with Gasteiger partial charge in [-0.05, 0) is 48.0 Å². The van der Waals surface area contributed by atoms with E-state index >= 15 is 0 Å². The molecule has 0 unspecified atom stereocenters. The fourth-order valence-electron chi connectivity index (χ4n) is 3.10. The molecule has 4 rings (SSSR count). The van der Waals surface area contributed by atoms with Gasteiger partial charge in [-0.3, -0.25) is 24.2 Å². The highest BCUT2D eigenvalue weighted by Crippen LogP contribution is 2.36. The Morgan fingerprint density at radius 1 is 1.00 bits per heavy atom. The number of benzene rings is 2. The molecule has 2 aromatic carbocycles. The number of imide groups is 1. The first-order chi connectivity index (χ1) is 14.3. The lowest BCUT2D eigenvalue weighted by Gasteiger charge is -2.14. The van der Waals surface area contributed by atoms with Gasteiger partial charge in [-0.25, -0.2) is 8.42 Å². The third kappa shape index (κ3) is 3.49. The van der Waals surface area contributed by atoms with E-state index in [2.05, 4.69) is 9.71 Å². The Labute approximate surface area is 176 Å². The largest absolute Gasteiger partial charge is 0.508 e. The minimum Gasteiger partial charge on any atom is -0.508 e. The summed E-state index contributed by atoms with van der Waals surface area (Å²) in [6.45, 7) is -0.0271. The third-order valence-electron chi connectivity index (χ3n) is 4.53. The van der Waals surface area contributed by atoms with Crippen LogP contribution in [0.2, 0.25) is 5.02 Å². The lowest BCUT2D eigenvalue weighted by Crippen LogP contribution is -2.29. The lowest BCUT2D eigenvalue weighted by molar-refractivity contribution is 0.0642. The number of nitrogens with zero attached hydrogens (tertiary/aromatic N) is 2. The average molecular weight is 444 g/mol. The second kappa shape index (κ2) is 7.43. The Morgan fingerprint density at radius 3 is 2.37 bits per heavy atom. The topological polar surface area (TPSA) is 117 Å². The maximum absolute atomic E-state index is 13.0. The molecule has 10 heteroatoms. The number of nitrogens with one attached hydrogen (secondary N) is 1. The lowest BCUT2D eigenvalue weighted by atomic mass is 10.1. The summed E-state index contributed by atoms with van der Waals surface area (Å²) >= 11 is 6.16. The number of sulfonamides is 1. The number of fused-ring (bicyclic) bond motifs is 1. The molecule has 30 heavy (non-hydrogen) atoms. The predicted octanol–water partition coefficient (Wildman–Crippen LogP) is 3.04. The van der Waals surface area contributed by atoms with Crippen LogP contribution in [-0.2, 0) is 16.6 Å². The number of hydrogen-bond acceptors (Lipinski definition) is 6. The van der Waals surface area contributed by atoms with Gasteiger partial charge in [0.25, 0.3) is 21.8 Å². The molecule has 0 atom stereocenters. The van der Waals surface area contributed by atoms with E-state index in [1.807, 2.05) is 0 Å². The number of carbonyl (C=O) groups excluding carboxylic acids is 2. The van der Waals surface area contributed by atoms with Crippen LogP contribution in [-0.4, -0.2) is 35.2 Å². The molecule has 1 aliphatic heterocycles. The van der Waals surface area contributed by atoms with Crippen LogP contribution in [0.15, 0.2) is 65.8 Å². The summed E-state index contributed by atoms with van der Waals surface area (Å²) in [4.78, 5) is 30.7. The summed E-state index contributed by atoms with van der Waals surface area (Å²) < 4.78 is 27.8. The van der Waals surface area contributed by atoms with E-state index in [0.29, 0.717) is 5.56 Å². The Bertz CT molecular complexity index is 1260. The summed E-state index contributed by atoms with van der Waals surface area (Å²) in [5, 5.41) is 9.41. The van der Waals surface area contributed by atoms with Gasteiger partial charge in [-0.15, -0.1) is 0 Å². The van der Waals surface area contributed by atoms with E-state index in [1.165, 1.54) is 42.6 Å². The number of phenolic OH excluding ortho intramolecular Hbond substituents is 1. The van der Waals surface area contributed by atoms with Gasteiger partial charge in [0.05, 0.1) is 33.3 Å². The van der Waals surface area contributed by atoms with Gasteiger partial charge >= 0.3 is 0 Å². The van der Waals surface area contributed by atoms with Crippen LogP contribution in [0.3, 0.4) is 0 Å². The number of rotatable bonds is 5. The predicted molar refractivity (Wildman–Crippen MR) is 109 cm³/mol. The number of anilines is 1. The number of pyridine rings is 1. The van der Waals surface area contributed by atoms with Crippen LogP contribution in [0.1, 0.15) is 26.3 Å². The minimum atomic E-state index is -4.08. The normalized spacial score (nSPS) is 13.4. The van der Waals surface area contributed by atoms with Gasteiger partial charge < -0.3 is 5.11 Å². The van der Waals surface area contributed by atoms with Crippen molar-refractivity contribution in [2.24, 2.45) is 0 Å². The molecule has 2 heterocycles. The molecule has 2 N–H and O–H groups in total. The first-order valence-corrected chi connectivity index (χ1v) is 10.5. The number of carbonyl (C=O) groups is 2. The fourth-order valence-corrected chi connectivity index (χ4v) is 4.41. The second-order valence-corrected chi connectivity index (χ2v) is 8.59. The van der Waals surface area contributed by atoms with Crippen LogP contribution in [0.5, 0.6) is 5.75 Å². The van der Waals surface area contributed by atoms with E-state index in [1.54, 1.807) is 18.3 Å². The molecule has 152 valence electrons. The molecular weight excluding hydrogens is 430 g/mol. The number of hydrogen-bond donors (Lipinski definition) is 2. The quantitative estimate of drug-likeness (QED) is 0.585. The number of amides is 2. The van der Waals surface area contributed by atoms with Gasteiger partial charge in [-0.2, -0.15) is 0 Å². The Morgan fingerprint density at radius 2 is 1.70 bits per heavy atom. The number of aromatic nitrogens is 1. The molecule has 1 aliphatic rings. The van der Waals surface area contributed by atoms with Crippen LogP contribution in [0.25, 0.3) is 0 Å². The summed E-state index contributed by atoms with van der Waals surface area (Å²) in [7, 11) is -4.08. The molecule has 0 spiro atoms. The SMILES string of the molecule is O=C1c2c(Cl)ccc(NS(=O)(=O)c3ccc(O)cc3)c2C(=O)N1Cc1cccnc1. The molecule has 2 amide bonds. The van der Waals surface area contributed by atoms with Gasteiger partial charge in [0.2, 0.25) is 0 Å². The Kier molecular flexibility index (Phi) is 4.92. The van der Waals surface area contributed by atoms with Crippen LogP contribution in [0, 0.1) is 0 Å². The maximum atomic E-state index is 13.0. The number of halogens is 1. The van der Waals surface area contributed by atoms with Crippen LogP contribution < -0.4 is 4.72 Å². The zero-order valence-electron chi connectivity index (χ0n) is 15.2. The summed E-state index contributed by atoms with van der Waals surface area (Å²) in [6, 6.07) is 11.0. The van der Waals surface area contributed by atoms with Crippen molar-refractivity contribution in [3.63, 3.8) is 0 Å². The van der Waals surface area contributed by atoms with Crippen molar-refractivity contribution in [2.45, 2.75) is 11.4 Å². The number of aromatic hydroxyl groups is 1. The van der Waals surface area contributed by atoms with Crippen molar-refractivity contribution in [3.05, 3.63) is 82.6 Å². The van der Waals surface area contributed by atoms with Gasteiger partial charge in [0.1, 0.15) is 5.75 Å². The van der Waals surface area contributed by atoms with E-state index in [-0.39, 0.29) is 39.0 Å². The molecule has 0 saturated carbocycles. The smallest absolute Gasteiger partial charge is 0.264 e. The van der Waals surface area contributed by atoms with E-state index in [0.717, 1.165) is 4.90 Å². The zero-order chi connectivity index (χ0) is 21.5. The minimum absolute atomic E-state index is 0.0271. The molecular formula is C20H14ClN3O5S. The molecule has 0 fully saturated rings. The van der Waals surface area contributed by atoms with E-state index in [4.69, 9.17) is 11.6 Å². The average Bonchev–Trinajstić information content (AvgIpc) is 2.97. The van der Waals surface area contributed by atoms with Crippen molar-refractivity contribution in [1.82, 2.24) is 9.88 Å². The molecule has 3 aromatic rings. The standard InChI is InChI=1S/C20H14ClN3O5S/c21-15-7-8-16(23-30(28,29)14-5-3-13(25)4-6-14)18-17(15)19(26)24(20(18)27)11-12-2-1-9-22-10-12/h1-10,23,25H,11H2. The molecule has 0 radical (unpaired) electrons. The van der Waals surface area contributed by atoms with Crippen molar-refractivity contribution in [2.75, 3.05) is 4.72 Å². The highest BCUT2D eigenvalue weighted by Gasteiger charge is 2.40. The second-order valence-electron chi connectivity index (χ2n) is 6.50. The van der Waals surface area contributed by atoms with E-state index in [9.17, 15) is 23.1 Å². The van der Waals surface area contributed by atoms with Crippen LogP contribution >= 0.6 is 11.6 Å². The number of phenols is 1. The Hall–Kier alpha value is -3.43. The maximum Gasteiger partial charge on any atom is 0.264 e. The van der Waals surface area contributed by atoms with Gasteiger partial charge in [0, 0.05) is 12.4 Å². The highest BCUT2D eigenvalue weighted by atomic mass is 35.5. The summed E-state index contributed by atoms with van der Waals surface area (Å²) in [5.41, 5.74) is 0.402. The highest BCUT2D eigenvalue weighted by molar-refractivity contribution is 7.92. The molecule has 0 bridgehead atoms. The first kappa shape index (κ1) is 19.9. The summed E-state index contributed by atoms with van der Waals surface area (Å²) in [6.07, 6.45) is 3.10. The molecule has 1 aromatic heterocycles. The van der Waals surface area contributed by atoms with Crippen molar-refractivity contribution >= 4 is 39.1 Å². The zero-order valence-corrected chi connectivity index (χ0v) is 16.8. The molecule has 8 nitrogen and oxygen atoms in total. The van der Waals surface area contributed by atoms with E-state index < -0.39 is 21.8 Å². The van der Waals surface area contributed by atoms with Crippen molar-refractivity contribution < 1.29 is 23.1 Å². The first-order valence-electron chi connectivity index (χ1n) is 8.67. The van der Waals surface area contributed by atoms with Crippen molar-refractivity contribution in [1.29, 1.82) is 0 Å². The summed E-state index contributed by atoms with van der Waals surface area (Å²) in [5.74, 6) is -1.37. The van der Waals surface area contributed by atoms with Gasteiger partial charge in [-0.1, -0.05) is 17.7 Å². The molecule has 0 saturated heterocycles. The van der Waals surface area contributed by atoms with Crippen molar-refractivity contribution in [3.8, 4) is 5.75 Å². The van der Waals surface area contributed by atoms with Gasteiger partial charge in [0.15, 0.2) is 0 Å². The molecule has 0 aliphatic carbocycles. The Balaban J connectivity index is 1.72. The fraction of sp³-hybridized carbons (Fsp3) is 0.0500.